The highest BCUT2D eigenvalue weighted by atomic mass is 16.4. The number of rotatable bonds is 25. The summed E-state index contributed by atoms with van der Waals surface area (Å²) in [7, 11) is 0. The number of aliphatic carboxylic acids is 3. The number of hydrogen-bond donors (Lipinski definition) is 11. The van der Waals surface area contributed by atoms with Crippen LogP contribution in [0.4, 0.5) is 0 Å². The second-order valence-electron chi connectivity index (χ2n) is 13.1. The molecule has 0 fully saturated rings. The normalized spacial score (nSPS) is 14.6. The lowest BCUT2D eigenvalue weighted by molar-refractivity contribution is -0.143. The number of amides is 5. The topological polar surface area (TPSA) is 338 Å². The van der Waals surface area contributed by atoms with E-state index in [-0.39, 0.29) is 37.6 Å². The van der Waals surface area contributed by atoms with E-state index in [0.717, 1.165) is 0 Å². The van der Waals surface area contributed by atoms with Gasteiger partial charge in [-0.15, -0.1) is 0 Å². The van der Waals surface area contributed by atoms with Crippen molar-refractivity contribution in [2.24, 2.45) is 23.3 Å². The second kappa shape index (κ2) is 22.7. The first-order valence-electron chi connectivity index (χ1n) is 17.0. The molecule has 0 saturated carbocycles. The fourth-order valence-electron chi connectivity index (χ4n) is 4.86. The van der Waals surface area contributed by atoms with E-state index in [1.54, 1.807) is 27.7 Å². The molecule has 0 spiro atoms. The number of carbonyl (C=O) groups excluding carboxylic acids is 5. The largest absolute Gasteiger partial charge is 0.481 e. The Morgan fingerprint density at radius 3 is 1.71 bits per heavy atom. The number of hydrogen-bond acceptors (Lipinski definition) is 11. The van der Waals surface area contributed by atoms with Crippen LogP contribution >= 0.6 is 0 Å². The van der Waals surface area contributed by atoms with Gasteiger partial charge in [0.25, 0.3) is 0 Å². The van der Waals surface area contributed by atoms with E-state index in [9.17, 15) is 53.7 Å². The molecule has 0 aromatic carbocycles. The van der Waals surface area contributed by atoms with Crippen LogP contribution in [-0.4, -0.2) is 116 Å². The van der Waals surface area contributed by atoms with Crippen LogP contribution < -0.4 is 38.1 Å². The van der Waals surface area contributed by atoms with Crippen LogP contribution in [0.3, 0.4) is 0 Å². The molecule has 5 amide bonds. The van der Waals surface area contributed by atoms with E-state index in [2.05, 4.69) is 36.6 Å². The molecule has 0 radical (unpaired) electrons. The van der Waals surface area contributed by atoms with Crippen molar-refractivity contribution in [2.45, 2.75) is 115 Å². The van der Waals surface area contributed by atoms with Crippen molar-refractivity contribution < 1.29 is 53.7 Å². The number of carbonyl (C=O) groups is 8. The van der Waals surface area contributed by atoms with Crippen LogP contribution in [-0.2, 0) is 44.8 Å². The zero-order chi connectivity index (χ0) is 39.5. The minimum atomic E-state index is -1.68. The summed E-state index contributed by atoms with van der Waals surface area (Å²) in [6, 6.07) is -8.30. The lowest BCUT2D eigenvalue weighted by Gasteiger charge is -2.27. The summed E-state index contributed by atoms with van der Waals surface area (Å²) < 4.78 is 0. The van der Waals surface area contributed by atoms with Gasteiger partial charge in [-0.1, -0.05) is 27.7 Å². The van der Waals surface area contributed by atoms with Crippen molar-refractivity contribution in [3.63, 3.8) is 0 Å². The van der Waals surface area contributed by atoms with Gasteiger partial charge in [0.2, 0.25) is 29.5 Å². The Morgan fingerprint density at radius 2 is 1.23 bits per heavy atom. The highest BCUT2D eigenvalue weighted by Gasteiger charge is 2.34. The molecular weight excluding hydrogens is 686 g/mol. The first-order chi connectivity index (χ1) is 24.4. The lowest BCUT2D eigenvalue weighted by Crippen LogP contribution is -2.59. The highest BCUT2D eigenvalue weighted by Crippen LogP contribution is 2.10. The predicted molar refractivity (Wildman–Crippen MR) is 184 cm³/mol. The number of carboxylic acids is 3. The molecule has 20 heteroatoms. The van der Waals surface area contributed by atoms with Crippen LogP contribution in [0, 0.1) is 11.8 Å². The maximum Gasteiger partial charge on any atom is 0.326 e. The van der Waals surface area contributed by atoms with E-state index in [4.69, 9.17) is 11.5 Å². The van der Waals surface area contributed by atoms with Gasteiger partial charge in [0.05, 0.1) is 18.8 Å². The predicted octanol–water partition coefficient (Wildman–Crippen LogP) is -2.04. The monoisotopic (exact) mass is 739 g/mol. The summed E-state index contributed by atoms with van der Waals surface area (Å²) in [5, 5.41) is 40.4. The van der Waals surface area contributed by atoms with Gasteiger partial charge in [0.1, 0.15) is 30.2 Å². The van der Waals surface area contributed by atoms with Gasteiger partial charge in [0, 0.05) is 24.7 Å². The number of unbranched alkanes of at least 4 members (excludes halogenated alkanes) is 1. The second-order valence-corrected chi connectivity index (χ2v) is 13.1. The SMILES string of the molecule is CC(C)C[C@H](NC(=O)[C@H](CCCCN)NC(=O)[C@H](CCC(=O)O)NC(=O)[C@H](CC(=O)O)NC(=O)[C@@H](N)C(C)C)C(=O)N[C@@H](Cc1cnc[nH]1)C(=O)O. The van der Waals surface area contributed by atoms with Gasteiger partial charge in [-0.2, -0.15) is 0 Å². The summed E-state index contributed by atoms with van der Waals surface area (Å²) >= 11 is 0. The zero-order valence-electron chi connectivity index (χ0n) is 29.8. The Bertz CT molecular complexity index is 1370. The number of H-pyrrole nitrogens is 1. The van der Waals surface area contributed by atoms with Crippen LogP contribution in [0.2, 0.25) is 0 Å². The molecule has 0 saturated heterocycles. The number of nitrogens with one attached hydrogen (secondary N) is 6. The van der Waals surface area contributed by atoms with E-state index < -0.39 is 103 Å². The standard InChI is InChI=1S/C32H53N9O11/c1-16(2)11-21(29(48)41-23(32(51)52)12-18-14-35-15-36-18)39-27(46)19(7-5-6-10-33)37-28(47)20(8-9-24(42)43)38-30(49)22(13-25(44)45)40-31(50)26(34)17(3)4/h14-17,19-23,26H,5-13,33-34H2,1-4H3,(H,35,36)(H,37,47)(H,38,49)(H,39,46)(H,40,50)(H,41,48)(H,42,43)(H,44,45)(H,51,52)/t19-,20-,21-,22-,23-,26-/m0/s1. The Morgan fingerprint density at radius 1 is 0.712 bits per heavy atom. The molecule has 13 N–H and O–H groups in total. The van der Waals surface area contributed by atoms with E-state index in [1.165, 1.54) is 12.5 Å². The summed E-state index contributed by atoms with van der Waals surface area (Å²) in [5.41, 5.74) is 11.9. The van der Waals surface area contributed by atoms with Gasteiger partial charge < -0.3 is 58.4 Å². The molecular formula is C32H53N9O11. The number of aromatic amines is 1. The van der Waals surface area contributed by atoms with E-state index >= 15 is 0 Å². The molecule has 0 bridgehead atoms. The Kier molecular flexibility index (Phi) is 19.6. The van der Waals surface area contributed by atoms with Crippen LogP contribution in [0.5, 0.6) is 0 Å². The minimum Gasteiger partial charge on any atom is -0.481 e. The maximum atomic E-state index is 13.7. The van der Waals surface area contributed by atoms with Crippen molar-refractivity contribution in [2.75, 3.05) is 6.54 Å². The molecule has 0 aliphatic heterocycles. The molecule has 292 valence electrons. The van der Waals surface area contributed by atoms with Crippen molar-refractivity contribution in [1.82, 2.24) is 36.6 Å². The summed E-state index contributed by atoms with van der Waals surface area (Å²) in [6.07, 6.45) is 1.53. The third kappa shape index (κ3) is 16.7. The molecule has 1 aromatic rings. The average molecular weight is 740 g/mol. The van der Waals surface area contributed by atoms with Crippen LogP contribution in [0.25, 0.3) is 0 Å². The fourth-order valence-corrected chi connectivity index (χ4v) is 4.86. The third-order valence-corrected chi connectivity index (χ3v) is 7.83. The van der Waals surface area contributed by atoms with Crippen LogP contribution in [0.1, 0.15) is 78.3 Å². The van der Waals surface area contributed by atoms with Gasteiger partial charge >= 0.3 is 17.9 Å². The number of nitrogens with two attached hydrogens (primary N) is 2. The van der Waals surface area contributed by atoms with Gasteiger partial charge in [-0.25, -0.2) is 9.78 Å². The van der Waals surface area contributed by atoms with Crippen molar-refractivity contribution >= 4 is 47.4 Å². The van der Waals surface area contributed by atoms with Crippen molar-refractivity contribution in [3.8, 4) is 0 Å². The highest BCUT2D eigenvalue weighted by molar-refractivity contribution is 5.97. The smallest absolute Gasteiger partial charge is 0.326 e. The Hall–Kier alpha value is -5.11. The van der Waals surface area contributed by atoms with Gasteiger partial charge in [0.15, 0.2) is 0 Å². The number of aromatic nitrogens is 2. The van der Waals surface area contributed by atoms with Gasteiger partial charge in [-0.3, -0.25) is 33.6 Å². The Balaban J connectivity index is 3.29. The lowest BCUT2D eigenvalue weighted by atomic mass is 10.0. The molecule has 1 rings (SSSR count). The number of nitrogens with zero attached hydrogens (tertiary/aromatic N) is 1. The number of imidazole rings is 1. The molecule has 52 heavy (non-hydrogen) atoms. The fraction of sp³-hybridized carbons (Fsp3) is 0.656. The summed E-state index contributed by atoms with van der Waals surface area (Å²) in [6.45, 7) is 7.07. The minimum absolute atomic E-state index is 0.00670. The van der Waals surface area contributed by atoms with Crippen molar-refractivity contribution in [3.05, 3.63) is 18.2 Å². The molecule has 20 nitrogen and oxygen atoms in total. The van der Waals surface area contributed by atoms with Gasteiger partial charge in [-0.05, 0) is 50.5 Å². The first kappa shape index (κ1) is 44.9. The number of carboxylic acid groups (broad SMARTS) is 3. The maximum absolute atomic E-state index is 13.7. The molecule has 0 aliphatic rings. The Labute approximate surface area is 301 Å². The molecule has 1 aromatic heterocycles. The summed E-state index contributed by atoms with van der Waals surface area (Å²) in [4.78, 5) is 108. The molecule has 6 atom stereocenters. The molecule has 1 heterocycles. The van der Waals surface area contributed by atoms with E-state index in [0.29, 0.717) is 18.5 Å². The average Bonchev–Trinajstić information content (AvgIpc) is 3.57. The zero-order valence-corrected chi connectivity index (χ0v) is 29.8. The first-order valence-corrected chi connectivity index (χ1v) is 17.0. The third-order valence-electron chi connectivity index (χ3n) is 7.83. The summed E-state index contributed by atoms with van der Waals surface area (Å²) in [5.74, 6) is -9.18. The van der Waals surface area contributed by atoms with Crippen molar-refractivity contribution in [1.29, 1.82) is 0 Å². The van der Waals surface area contributed by atoms with E-state index in [1.807, 2.05) is 0 Å². The quantitative estimate of drug-likeness (QED) is 0.0482. The van der Waals surface area contributed by atoms with Crippen LogP contribution in [0.15, 0.2) is 12.5 Å². The molecule has 0 aliphatic carbocycles. The molecule has 0 unspecified atom stereocenters.